The van der Waals surface area contributed by atoms with Crippen molar-refractivity contribution in [2.45, 2.75) is 44.6 Å². The van der Waals surface area contributed by atoms with Gasteiger partial charge < -0.3 is 10.8 Å². The maximum absolute atomic E-state index is 10.1. The zero-order valence-corrected chi connectivity index (χ0v) is 7.84. The van der Waals surface area contributed by atoms with Crippen LogP contribution in [0.2, 0.25) is 0 Å². The molecule has 2 nitrogen and oxygen atoms in total. The molecule has 1 rings (SSSR count). The molecule has 0 spiro atoms. The zero-order valence-electron chi connectivity index (χ0n) is 7.84. The highest BCUT2D eigenvalue weighted by atomic mass is 16.3. The van der Waals surface area contributed by atoms with Crippen molar-refractivity contribution in [2.24, 2.45) is 5.73 Å². The molecule has 12 heavy (non-hydrogen) atoms. The lowest BCUT2D eigenvalue weighted by Crippen LogP contribution is -2.39. The van der Waals surface area contributed by atoms with Gasteiger partial charge in [0.1, 0.15) is 0 Å². The predicted molar refractivity (Wildman–Crippen MR) is 50.8 cm³/mol. The minimum Gasteiger partial charge on any atom is -0.384 e. The molecule has 0 aromatic carbocycles. The van der Waals surface area contributed by atoms with Crippen molar-refractivity contribution in [1.82, 2.24) is 0 Å². The van der Waals surface area contributed by atoms with Crippen molar-refractivity contribution < 1.29 is 5.11 Å². The standard InChI is InChI=1S/C10H19NO/c1-2-10(12,8-11)9-6-4-3-5-7-9/h6,12H,2-5,7-8,11H2,1H3. The molecule has 0 aromatic rings. The lowest BCUT2D eigenvalue weighted by Gasteiger charge is -2.30. The van der Waals surface area contributed by atoms with E-state index in [1.54, 1.807) is 0 Å². The summed E-state index contributed by atoms with van der Waals surface area (Å²) in [6.45, 7) is 2.34. The molecule has 0 bridgehead atoms. The van der Waals surface area contributed by atoms with Crippen molar-refractivity contribution in [3.05, 3.63) is 11.6 Å². The average Bonchev–Trinajstić information content (AvgIpc) is 2.18. The van der Waals surface area contributed by atoms with E-state index in [0.29, 0.717) is 6.54 Å². The van der Waals surface area contributed by atoms with Gasteiger partial charge in [0.2, 0.25) is 0 Å². The topological polar surface area (TPSA) is 46.2 Å². The summed E-state index contributed by atoms with van der Waals surface area (Å²) in [6.07, 6.45) is 7.50. The maximum atomic E-state index is 10.1. The van der Waals surface area contributed by atoms with E-state index in [-0.39, 0.29) is 0 Å². The molecule has 1 aliphatic carbocycles. The molecule has 0 saturated heterocycles. The molecule has 3 N–H and O–H groups in total. The van der Waals surface area contributed by atoms with Crippen LogP contribution in [0, 0.1) is 0 Å². The number of nitrogens with two attached hydrogens (primary N) is 1. The Bertz CT molecular complexity index is 171. The van der Waals surface area contributed by atoms with Crippen molar-refractivity contribution in [3.8, 4) is 0 Å². The Morgan fingerprint density at radius 1 is 1.58 bits per heavy atom. The summed E-state index contributed by atoms with van der Waals surface area (Å²) in [7, 11) is 0. The SMILES string of the molecule is CCC(O)(CN)C1=CCCCC1. The fourth-order valence-electron chi connectivity index (χ4n) is 1.76. The number of hydrogen-bond donors (Lipinski definition) is 2. The Hall–Kier alpha value is -0.340. The Kier molecular flexibility index (Phi) is 3.29. The summed E-state index contributed by atoms with van der Waals surface area (Å²) in [5, 5.41) is 10.1. The van der Waals surface area contributed by atoms with E-state index < -0.39 is 5.60 Å². The van der Waals surface area contributed by atoms with Gasteiger partial charge in [-0.2, -0.15) is 0 Å². The van der Waals surface area contributed by atoms with Gasteiger partial charge in [0, 0.05) is 6.54 Å². The molecule has 1 unspecified atom stereocenters. The van der Waals surface area contributed by atoms with E-state index in [9.17, 15) is 5.11 Å². The quantitative estimate of drug-likeness (QED) is 0.630. The van der Waals surface area contributed by atoms with Crippen molar-refractivity contribution in [2.75, 3.05) is 6.54 Å². The summed E-state index contributed by atoms with van der Waals surface area (Å²) < 4.78 is 0. The molecule has 0 heterocycles. The summed E-state index contributed by atoms with van der Waals surface area (Å²) in [5.74, 6) is 0. The maximum Gasteiger partial charge on any atom is 0.0975 e. The van der Waals surface area contributed by atoms with Gasteiger partial charge in [0.05, 0.1) is 5.60 Å². The van der Waals surface area contributed by atoms with E-state index in [4.69, 9.17) is 5.73 Å². The minimum absolute atomic E-state index is 0.356. The Morgan fingerprint density at radius 3 is 2.75 bits per heavy atom. The van der Waals surface area contributed by atoms with Gasteiger partial charge in [-0.25, -0.2) is 0 Å². The van der Waals surface area contributed by atoms with E-state index in [2.05, 4.69) is 6.08 Å². The molecule has 0 amide bonds. The largest absolute Gasteiger partial charge is 0.384 e. The van der Waals surface area contributed by atoms with Crippen LogP contribution in [0.1, 0.15) is 39.0 Å². The van der Waals surface area contributed by atoms with Gasteiger partial charge in [-0.3, -0.25) is 0 Å². The van der Waals surface area contributed by atoms with E-state index in [1.807, 2.05) is 6.92 Å². The van der Waals surface area contributed by atoms with Crippen molar-refractivity contribution in [3.63, 3.8) is 0 Å². The smallest absolute Gasteiger partial charge is 0.0975 e. The normalized spacial score (nSPS) is 23.1. The average molecular weight is 169 g/mol. The van der Waals surface area contributed by atoms with Crippen LogP contribution < -0.4 is 5.73 Å². The van der Waals surface area contributed by atoms with Gasteiger partial charge in [-0.15, -0.1) is 0 Å². The first-order valence-electron chi connectivity index (χ1n) is 4.85. The highest BCUT2D eigenvalue weighted by Crippen LogP contribution is 2.28. The second kappa shape index (κ2) is 4.06. The Morgan fingerprint density at radius 2 is 2.33 bits per heavy atom. The summed E-state index contributed by atoms with van der Waals surface area (Å²) >= 11 is 0. The molecular formula is C10H19NO. The lowest BCUT2D eigenvalue weighted by atomic mass is 9.84. The number of allylic oxidation sites excluding steroid dienone is 1. The van der Waals surface area contributed by atoms with Crippen LogP contribution in [-0.2, 0) is 0 Å². The number of aliphatic hydroxyl groups is 1. The molecule has 0 radical (unpaired) electrons. The van der Waals surface area contributed by atoms with E-state index >= 15 is 0 Å². The summed E-state index contributed by atoms with van der Waals surface area (Å²) in [6, 6.07) is 0. The van der Waals surface area contributed by atoms with Crippen LogP contribution in [0.5, 0.6) is 0 Å². The van der Waals surface area contributed by atoms with Crippen LogP contribution in [0.15, 0.2) is 11.6 Å². The first-order valence-corrected chi connectivity index (χ1v) is 4.85. The van der Waals surface area contributed by atoms with Gasteiger partial charge in [0.25, 0.3) is 0 Å². The molecule has 0 fully saturated rings. The molecule has 70 valence electrons. The van der Waals surface area contributed by atoms with Crippen LogP contribution in [0.4, 0.5) is 0 Å². The fraction of sp³-hybridized carbons (Fsp3) is 0.800. The van der Waals surface area contributed by atoms with Crippen LogP contribution in [-0.4, -0.2) is 17.3 Å². The third kappa shape index (κ3) is 1.87. The number of rotatable bonds is 3. The highest BCUT2D eigenvalue weighted by Gasteiger charge is 2.27. The van der Waals surface area contributed by atoms with Gasteiger partial charge in [0.15, 0.2) is 0 Å². The van der Waals surface area contributed by atoms with E-state index in [0.717, 1.165) is 19.3 Å². The van der Waals surface area contributed by atoms with Crippen LogP contribution in [0.3, 0.4) is 0 Å². The molecule has 0 saturated carbocycles. The monoisotopic (exact) mass is 169 g/mol. The summed E-state index contributed by atoms with van der Waals surface area (Å²) in [4.78, 5) is 0. The molecule has 0 aromatic heterocycles. The second-order valence-corrected chi connectivity index (χ2v) is 3.56. The van der Waals surface area contributed by atoms with Gasteiger partial charge >= 0.3 is 0 Å². The first kappa shape index (κ1) is 9.75. The zero-order chi connectivity index (χ0) is 9.03. The molecule has 0 aliphatic heterocycles. The molecule has 2 heteroatoms. The predicted octanol–water partition coefficient (Wildman–Crippen LogP) is 1.59. The third-order valence-electron chi connectivity index (χ3n) is 2.81. The molecule has 1 atom stereocenters. The third-order valence-corrected chi connectivity index (χ3v) is 2.81. The summed E-state index contributed by atoms with van der Waals surface area (Å²) in [5.41, 5.74) is 6.02. The first-order chi connectivity index (χ1) is 5.73. The van der Waals surface area contributed by atoms with E-state index in [1.165, 1.54) is 18.4 Å². The lowest BCUT2D eigenvalue weighted by molar-refractivity contribution is 0.0777. The minimum atomic E-state index is -0.708. The molecular weight excluding hydrogens is 150 g/mol. The fourth-order valence-corrected chi connectivity index (χ4v) is 1.76. The molecule has 1 aliphatic rings. The highest BCUT2D eigenvalue weighted by molar-refractivity contribution is 5.18. The van der Waals surface area contributed by atoms with Crippen LogP contribution >= 0.6 is 0 Å². The van der Waals surface area contributed by atoms with Crippen LogP contribution in [0.25, 0.3) is 0 Å². The number of hydrogen-bond acceptors (Lipinski definition) is 2. The van der Waals surface area contributed by atoms with Gasteiger partial charge in [-0.1, -0.05) is 13.0 Å². The Balaban J connectivity index is 2.70. The van der Waals surface area contributed by atoms with Crippen molar-refractivity contribution >= 4 is 0 Å². The Labute approximate surface area is 74.5 Å². The van der Waals surface area contributed by atoms with Crippen molar-refractivity contribution in [1.29, 1.82) is 0 Å². The van der Waals surface area contributed by atoms with Gasteiger partial charge in [-0.05, 0) is 37.7 Å². The second-order valence-electron chi connectivity index (χ2n) is 3.56.